The predicted octanol–water partition coefficient (Wildman–Crippen LogP) is 1.20. The quantitative estimate of drug-likeness (QED) is 0.841. The van der Waals surface area contributed by atoms with E-state index in [0.717, 1.165) is 0 Å². The molecule has 26 heavy (non-hydrogen) atoms. The molecule has 1 aromatic carbocycles. The second kappa shape index (κ2) is 7.65. The molecule has 2 N–H and O–H groups in total. The molecule has 0 saturated carbocycles. The molecule has 2 aromatic rings. The van der Waals surface area contributed by atoms with Crippen LogP contribution < -0.4 is 10.6 Å². The Morgan fingerprint density at radius 1 is 1.35 bits per heavy atom. The van der Waals surface area contributed by atoms with Crippen LogP contribution in [-0.2, 0) is 15.1 Å². The lowest BCUT2D eigenvalue weighted by atomic mass is 9.87. The first-order valence-corrected chi connectivity index (χ1v) is 8.53. The largest absolute Gasteiger partial charge is 0.334 e. The third-order valence-corrected chi connectivity index (χ3v) is 4.61. The van der Waals surface area contributed by atoms with Crippen LogP contribution in [0.5, 0.6) is 0 Å². The van der Waals surface area contributed by atoms with Crippen molar-refractivity contribution in [3.8, 4) is 0 Å². The maximum Gasteiger partial charge on any atom is 0.250 e. The molecule has 8 heteroatoms. The average Bonchev–Trinajstić information content (AvgIpc) is 3.16. The first-order chi connectivity index (χ1) is 12.5. The number of halogens is 1. The molecule has 7 nitrogen and oxygen atoms in total. The van der Waals surface area contributed by atoms with Gasteiger partial charge in [0.05, 0.1) is 6.54 Å². The first-order valence-electron chi connectivity index (χ1n) is 8.53. The van der Waals surface area contributed by atoms with Crippen LogP contribution in [0.15, 0.2) is 42.7 Å². The molecule has 1 fully saturated rings. The van der Waals surface area contributed by atoms with Crippen LogP contribution in [0, 0.1) is 5.82 Å². The summed E-state index contributed by atoms with van der Waals surface area (Å²) < 4.78 is 14.9. The maximum absolute atomic E-state index is 13.2. The number of aromatic nitrogens is 2. The van der Waals surface area contributed by atoms with Gasteiger partial charge in [-0.3, -0.25) is 14.3 Å². The zero-order valence-corrected chi connectivity index (χ0v) is 14.6. The number of benzene rings is 1. The molecule has 2 amide bonds. The van der Waals surface area contributed by atoms with Gasteiger partial charge in [0.25, 0.3) is 5.91 Å². The highest BCUT2D eigenvalue weighted by Gasteiger charge is 2.43. The van der Waals surface area contributed by atoms with Crippen molar-refractivity contribution in [2.75, 3.05) is 32.0 Å². The molecule has 1 aromatic heterocycles. The van der Waals surface area contributed by atoms with Gasteiger partial charge in [-0.2, -0.15) is 5.10 Å². The van der Waals surface area contributed by atoms with Crippen LogP contribution in [0.4, 0.5) is 10.1 Å². The molecule has 3 rings (SSSR count). The minimum atomic E-state index is -0.789. The van der Waals surface area contributed by atoms with E-state index in [9.17, 15) is 14.0 Å². The van der Waals surface area contributed by atoms with E-state index in [1.165, 1.54) is 23.1 Å². The Kier molecular flexibility index (Phi) is 5.32. The zero-order valence-electron chi connectivity index (χ0n) is 14.6. The fourth-order valence-corrected chi connectivity index (χ4v) is 3.31. The van der Waals surface area contributed by atoms with Crippen LogP contribution in [-0.4, -0.2) is 53.2 Å². The van der Waals surface area contributed by atoms with Gasteiger partial charge in [0.15, 0.2) is 0 Å². The molecule has 0 bridgehead atoms. The number of anilines is 1. The lowest BCUT2D eigenvalue weighted by Gasteiger charge is -2.39. The number of rotatable bonds is 5. The molecule has 2 heterocycles. The van der Waals surface area contributed by atoms with E-state index >= 15 is 0 Å². The van der Waals surface area contributed by atoms with E-state index in [2.05, 4.69) is 15.7 Å². The number of nitrogens with zero attached hydrogens (tertiary/aromatic N) is 3. The number of amides is 2. The number of hydrogen-bond acceptors (Lipinski definition) is 4. The minimum absolute atomic E-state index is 0.119. The Hall–Kier alpha value is -2.74. The summed E-state index contributed by atoms with van der Waals surface area (Å²) in [6.07, 6.45) is 4.63. The lowest BCUT2D eigenvalue weighted by Crippen LogP contribution is -2.55. The molecule has 1 aliphatic heterocycles. The number of hydrogen-bond donors (Lipinski definition) is 2. The molecule has 0 aliphatic carbocycles. The summed E-state index contributed by atoms with van der Waals surface area (Å²) in [5.74, 6) is -0.965. The van der Waals surface area contributed by atoms with Gasteiger partial charge in [-0.15, -0.1) is 0 Å². The summed E-state index contributed by atoms with van der Waals surface area (Å²) in [4.78, 5) is 26.8. The Morgan fingerprint density at radius 2 is 2.12 bits per heavy atom. The van der Waals surface area contributed by atoms with Crippen LogP contribution in [0.1, 0.15) is 12.8 Å². The number of piperidine rings is 1. The van der Waals surface area contributed by atoms with Gasteiger partial charge in [-0.25, -0.2) is 4.39 Å². The summed E-state index contributed by atoms with van der Waals surface area (Å²) in [5.41, 5.74) is -0.428. The Labute approximate surface area is 151 Å². The van der Waals surface area contributed by atoms with E-state index in [4.69, 9.17) is 0 Å². The average molecular weight is 359 g/mol. The van der Waals surface area contributed by atoms with Crippen molar-refractivity contribution in [2.24, 2.45) is 0 Å². The van der Waals surface area contributed by atoms with Gasteiger partial charge >= 0.3 is 0 Å². The standard InChI is InChI=1S/C18H22FN5O2/c1-23(13-16(25)22-15-5-2-4-14(19)12-15)17(26)18(6-9-20-10-7-18)24-11-3-8-21-24/h2-5,8,11-12,20H,6-7,9-10,13H2,1H3,(H,22,25). The van der Waals surface area contributed by atoms with Crippen molar-refractivity contribution >= 4 is 17.5 Å². The second-order valence-electron chi connectivity index (χ2n) is 6.45. The highest BCUT2D eigenvalue weighted by atomic mass is 19.1. The maximum atomic E-state index is 13.2. The van der Waals surface area contributed by atoms with Crippen molar-refractivity contribution in [1.29, 1.82) is 0 Å². The summed E-state index contributed by atoms with van der Waals surface area (Å²) in [6.45, 7) is 1.29. The van der Waals surface area contributed by atoms with Crippen LogP contribution in [0.25, 0.3) is 0 Å². The number of nitrogens with one attached hydrogen (secondary N) is 2. The van der Waals surface area contributed by atoms with E-state index < -0.39 is 11.4 Å². The van der Waals surface area contributed by atoms with Crippen molar-refractivity contribution in [2.45, 2.75) is 18.4 Å². The van der Waals surface area contributed by atoms with Crippen molar-refractivity contribution in [1.82, 2.24) is 20.0 Å². The van der Waals surface area contributed by atoms with Crippen LogP contribution >= 0.6 is 0 Å². The normalized spacial score (nSPS) is 16.1. The Morgan fingerprint density at radius 3 is 2.77 bits per heavy atom. The molecule has 0 unspecified atom stereocenters. The molecule has 0 radical (unpaired) electrons. The zero-order chi connectivity index (χ0) is 18.6. The third kappa shape index (κ3) is 3.75. The topological polar surface area (TPSA) is 79.3 Å². The monoisotopic (exact) mass is 359 g/mol. The molecular weight excluding hydrogens is 337 g/mol. The van der Waals surface area contributed by atoms with Crippen LogP contribution in [0.3, 0.4) is 0 Å². The highest BCUT2D eigenvalue weighted by molar-refractivity contribution is 5.95. The molecule has 1 aliphatic rings. The molecule has 0 spiro atoms. The smallest absolute Gasteiger partial charge is 0.250 e. The molecular formula is C18H22FN5O2. The number of carbonyl (C=O) groups is 2. The second-order valence-corrected chi connectivity index (χ2v) is 6.45. The summed E-state index contributed by atoms with van der Waals surface area (Å²) in [5, 5.41) is 10.1. The summed E-state index contributed by atoms with van der Waals surface area (Å²) in [6, 6.07) is 7.43. The first kappa shape index (κ1) is 18.1. The third-order valence-electron chi connectivity index (χ3n) is 4.61. The molecule has 0 atom stereocenters. The van der Waals surface area contributed by atoms with Gasteiger partial charge in [-0.1, -0.05) is 6.07 Å². The van der Waals surface area contributed by atoms with Crippen LogP contribution in [0.2, 0.25) is 0 Å². The highest BCUT2D eigenvalue weighted by Crippen LogP contribution is 2.29. The van der Waals surface area contributed by atoms with Gasteiger partial charge in [0.1, 0.15) is 11.4 Å². The Balaban J connectivity index is 1.70. The van der Waals surface area contributed by atoms with Gasteiger partial charge in [0.2, 0.25) is 5.91 Å². The van der Waals surface area contributed by atoms with Crippen molar-refractivity contribution in [3.63, 3.8) is 0 Å². The molecule has 138 valence electrons. The fourth-order valence-electron chi connectivity index (χ4n) is 3.31. The van der Waals surface area contributed by atoms with Gasteiger partial charge < -0.3 is 15.5 Å². The van der Waals surface area contributed by atoms with Gasteiger partial charge in [-0.05, 0) is 50.2 Å². The predicted molar refractivity (Wildman–Crippen MR) is 95.0 cm³/mol. The fraction of sp³-hybridized carbons (Fsp3) is 0.389. The Bertz CT molecular complexity index is 772. The van der Waals surface area contributed by atoms with Crippen molar-refractivity contribution < 1.29 is 14.0 Å². The van der Waals surface area contributed by atoms with Gasteiger partial charge in [0, 0.05) is 25.1 Å². The van der Waals surface area contributed by atoms with E-state index in [-0.39, 0.29) is 18.4 Å². The summed E-state index contributed by atoms with van der Waals surface area (Å²) in [7, 11) is 1.60. The van der Waals surface area contributed by atoms with E-state index in [0.29, 0.717) is 31.6 Å². The van der Waals surface area contributed by atoms with E-state index in [1.54, 1.807) is 36.3 Å². The molecule has 1 saturated heterocycles. The van der Waals surface area contributed by atoms with Crippen molar-refractivity contribution in [3.05, 3.63) is 48.5 Å². The summed E-state index contributed by atoms with van der Waals surface area (Å²) >= 11 is 0. The number of likely N-dealkylation sites (N-methyl/N-ethyl adjacent to an activating group) is 1. The number of carbonyl (C=O) groups excluding carboxylic acids is 2. The lowest BCUT2D eigenvalue weighted by molar-refractivity contribution is -0.143. The SMILES string of the molecule is CN(CC(=O)Nc1cccc(F)c1)C(=O)C1(n2cccn2)CCNCC1. The van der Waals surface area contributed by atoms with E-state index in [1.807, 2.05) is 0 Å². The minimum Gasteiger partial charge on any atom is -0.334 e.